The highest BCUT2D eigenvalue weighted by Crippen LogP contribution is 2.46. The Morgan fingerprint density at radius 3 is 2.44 bits per heavy atom. The van der Waals surface area contributed by atoms with Crippen molar-refractivity contribution in [2.45, 2.75) is 59.0 Å². The van der Waals surface area contributed by atoms with Crippen molar-refractivity contribution in [1.29, 1.82) is 0 Å². The van der Waals surface area contributed by atoms with Crippen molar-refractivity contribution < 1.29 is 5.11 Å². The normalized spacial score (nSPS) is 40.2. The average molecular weight is 222 g/mol. The first kappa shape index (κ1) is 12.2. The van der Waals surface area contributed by atoms with Crippen LogP contribution in [0.2, 0.25) is 0 Å². The molecule has 0 amide bonds. The van der Waals surface area contributed by atoms with Gasteiger partial charge in [-0.05, 0) is 57.3 Å². The van der Waals surface area contributed by atoms with Crippen LogP contribution in [0.5, 0.6) is 0 Å². The standard InChI is InChI=1S/C15H26O/c1-10-5-7-12(15(3,4)16)9-14-11(2)6-8-13(10)14/h9-13,16H,5-8H2,1-4H3/t10-,11-,12-,13-/m1/s1. The van der Waals surface area contributed by atoms with Gasteiger partial charge < -0.3 is 5.11 Å². The van der Waals surface area contributed by atoms with Crippen LogP contribution in [0, 0.1) is 23.7 Å². The van der Waals surface area contributed by atoms with Crippen molar-refractivity contribution in [3.05, 3.63) is 11.6 Å². The van der Waals surface area contributed by atoms with Crippen LogP contribution in [-0.2, 0) is 0 Å². The highest BCUT2D eigenvalue weighted by atomic mass is 16.3. The molecule has 0 bridgehead atoms. The molecule has 4 atom stereocenters. The SMILES string of the molecule is C[C@@H]1CC[C@H]2C1=C[C@H](C(C)(C)O)CC[C@H]2C. The number of hydrogen-bond donors (Lipinski definition) is 1. The highest BCUT2D eigenvalue weighted by Gasteiger charge is 2.36. The summed E-state index contributed by atoms with van der Waals surface area (Å²) >= 11 is 0. The van der Waals surface area contributed by atoms with E-state index in [1.807, 2.05) is 13.8 Å². The van der Waals surface area contributed by atoms with Crippen LogP contribution in [0.15, 0.2) is 11.6 Å². The molecule has 1 fully saturated rings. The molecule has 0 heterocycles. The van der Waals surface area contributed by atoms with Gasteiger partial charge in [-0.1, -0.05) is 25.5 Å². The second-order valence-corrected chi connectivity index (χ2v) is 6.57. The van der Waals surface area contributed by atoms with Crippen LogP contribution in [0.3, 0.4) is 0 Å². The maximum atomic E-state index is 10.2. The Morgan fingerprint density at radius 2 is 1.81 bits per heavy atom. The van der Waals surface area contributed by atoms with Crippen molar-refractivity contribution in [1.82, 2.24) is 0 Å². The first-order chi connectivity index (χ1) is 7.39. The topological polar surface area (TPSA) is 20.2 Å². The van der Waals surface area contributed by atoms with E-state index in [1.165, 1.54) is 19.3 Å². The fourth-order valence-corrected chi connectivity index (χ4v) is 3.55. The van der Waals surface area contributed by atoms with E-state index in [2.05, 4.69) is 19.9 Å². The zero-order chi connectivity index (χ0) is 11.9. The van der Waals surface area contributed by atoms with Gasteiger partial charge in [0.1, 0.15) is 0 Å². The van der Waals surface area contributed by atoms with E-state index in [-0.39, 0.29) is 0 Å². The van der Waals surface area contributed by atoms with E-state index in [9.17, 15) is 5.11 Å². The van der Waals surface area contributed by atoms with E-state index >= 15 is 0 Å². The lowest BCUT2D eigenvalue weighted by atomic mass is 9.85. The maximum Gasteiger partial charge on any atom is 0.0654 e. The van der Waals surface area contributed by atoms with Gasteiger partial charge in [-0.25, -0.2) is 0 Å². The lowest BCUT2D eigenvalue weighted by Gasteiger charge is -2.27. The van der Waals surface area contributed by atoms with Crippen LogP contribution < -0.4 is 0 Å². The minimum absolute atomic E-state index is 0.357. The molecular weight excluding hydrogens is 196 g/mol. The van der Waals surface area contributed by atoms with E-state index < -0.39 is 5.60 Å². The molecule has 16 heavy (non-hydrogen) atoms. The largest absolute Gasteiger partial charge is 0.390 e. The highest BCUT2D eigenvalue weighted by molar-refractivity contribution is 5.20. The average Bonchev–Trinajstić information content (AvgIpc) is 2.42. The second-order valence-electron chi connectivity index (χ2n) is 6.57. The predicted molar refractivity (Wildman–Crippen MR) is 68.2 cm³/mol. The minimum atomic E-state index is -0.552. The van der Waals surface area contributed by atoms with Crippen molar-refractivity contribution in [3.8, 4) is 0 Å². The zero-order valence-electron chi connectivity index (χ0n) is 11.2. The van der Waals surface area contributed by atoms with Crippen LogP contribution in [0.1, 0.15) is 53.4 Å². The van der Waals surface area contributed by atoms with Gasteiger partial charge in [-0.2, -0.15) is 0 Å². The fourth-order valence-electron chi connectivity index (χ4n) is 3.55. The summed E-state index contributed by atoms with van der Waals surface area (Å²) in [5, 5.41) is 10.2. The molecule has 0 aliphatic heterocycles. The summed E-state index contributed by atoms with van der Waals surface area (Å²) < 4.78 is 0. The number of allylic oxidation sites excluding steroid dienone is 1. The molecule has 2 aliphatic rings. The molecule has 2 rings (SSSR count). The molecule has 92 valence electrons. The van der Waals surface area contributed by atoms with E-state index in [0.717, 1.165) is 24.2 Å². The smallest absolute Gasteiger partial charge is 0.0654 e. The maximum absolute atomic E-state index is 10.2. The molecule has 0 radical (unpaired) electrons. The summed E-state index contributed by atoms with van der Waals surface area (Å²) in [5.74, 6) is 2.72. The summed E-state index contributed by atoms with van der Waals surface area (Å²) in [7, 11) is 0. The van der Waals surface area contributed by atoms with Crippen LogP contribution in [0.4, 0.5) is 0 Å². The first-order valence-electron chi connectivity index (χ1n) is 6.83. The fraction of sp³-hybridized carbons (Fsp3) is 0.867. The van der Waals surface area contributed by atoms with Crippen molar-refractivity contribution in [2.24, 2.45) is 23.7 Å². The molecular formula is C15H26O. The molecule has 2 aliphatic carbocycles. The summed E-state index contributed by atoms with van der Waals surface area (Å²) in [6, 6.07) is 0. The number of hydrogen-bond acceptors (Lipinski definition) is 1. The van der Waals surface area contributed by atoms with Gasteiger partial charge >= 0.3 is 0 Å². The van der Waals surface area contributed by atoms with E-state index in [0.29, 0.717) is 5.92 Å². The molecule has 1 heteroatoms. The van der Waals surface area contributed by atoms with Crippen LogP contribution >= 0.6 is 0 Å². The number of rotatable bonds is 1. The van der Waals surface area contributed by atoms with Gasteiger partial charge in [0.05, 0.1) is 5.60 Å². The molecule has 0 aromatic heterocycles. The monoisotopic (exact) mass is 222 g/mol. The Hall–Kier alpha value is -0.300. The van der Waals surface area contributed by atoms with Crippen molar-refractivity contribution in [2.75, 3.05) is 0 Å². The van der Waals surface area contributed by atoms with E-state index in [4.69, 9.17) is 0 Å². The second kappa shape index (κ2) is 4.18. The first-order valence-corrected chi connectivity index (χ1v) is 6.83. The molecule has 1 nitrogen and oxygen atoms in total. The lowest BCUT2D eigenvalue weighted by Crippen LogP contribution is -2.29. The van der Waals surface area contributed by atoms with Gasteiger partial charge in [0.2, 0.25) is 0 Å². The Labute approximate surface area is 99.9 Å². The minimum Gasteiger partial charge on any atom is -0.390 e. The third-order valence-electron chi connectivity index (χ3n) is 4.83. The Bertz CT molecular complexity index is 284. The quantitative estimate of drug-likeness (QED) is 0.669. The molecule has 1 saturated carbocycles. The Balaban J connectivity index is 2.28. The van der Waals surface area contributed by atoms with Gasteiger partial charge in [0, 0.05) is 5.92 Å². The third-order valence-corrected chi connectivity index (χ3v) is 4.83. The summed E-state index contributed by atoms with van der Waals surface area (Å²) in [6.07, 6.45) is 7.56. The number of aliphatic hydroxyl groups is 1. The van der Waals surface area contributed by atoms with Gasteiger partial charge in [-0.15, -0.1) is 0 Å². The Morgan fingerprint density at radius 1 is 1.12 bits per heavy atom. The lowest BCUT2D eigenvalue weighted by molar-refractivity contribution is 0.0321. The Kier molecular flexibility index (Phi) is 3.18. The zero-order valence-corrected chi connectivity index (χ0v) is 11.2. The molecule has 0 spiro atoms. The predicted octanol–water partition coefficient (Wildman–Crippen LogP) is 3.78. The van der Waals surface area contributed by atoms with Crippen LogP contribution in [0.25, 0.3) is 0 Å². The summed E-state index contributed by atoms with van der Waals surface area (Å²) in [5.41, 5.74) is 1.10. The van der Waals surface area contributed by atoms with Gasteiger partial charge in [0.25, 0.3) is 0 Å². The molecule has 1 N–H and O–H groups in total. The number of fused-ring (bicyclic) bond motifs is 1. The van der Waals surface area contributed by atoms with Gasteiger partial charge in [-0.3, -0.25) is 0 Å². The third kappa shape index (κ3) is 2.20. The summed E-state index contributed by atoms with van der Waals surface area (Å²) in [4.78, 5) is 0. The van der Waals surface area contributed by atoms with Gasteiger partial charge in [0.15, 0.2) is 0 Å². The van der Waals surface area contributed by atoms with Crippen molar-refractivity contribution in [3.63, 3.8) is 0 Å². The molecule has 0 unspecified atom stereocenters. The molecule has 0 aromatic rings. The van der Waals surface area contributed by atoms with Crippen LogP contribution in [-0.4, -0.2) is 10.7 Å². The van der Waals surface area contributed by atoms with Crippen molar-refractivity contribution >= 4 is 0 Å². The molecule has 0 saturated heterocycles. The molecule has 0 aromatic carbocycles. The van der Waals surface area contributed by atoms with E-state index in [1.54, 1.807) is 5.57 Å². The summed E-state index contributed by atoms with van der Waals surface area (Å²) in [6.45, 7) is 8.66.